The number of carbonyl (C=O) groups is 2. The lowest BCUT2D eigenvalue weighted by atomic mass is 9.87. The lowest BCUT2D eigenvalue weighted by molar-refractivity contribution is -0.132. The van der Waals surface area contributed by atoms with Crippen molar-refractivity contribution in [2.45, 2.75) is 39.7 Å². The standard InChI is InChI=1S/C25H33N3O4/c1-25(2,3)13-23(29)28-15-20(19-10-9-18(31-4)12-22(19)32-5)21(16-28)24(30)27-14-17-8-6-7-11-26-17/h6-12,20-21H,13-16H2,1-5H3,(H,27,30). The van der Waals surface area contributed by atoms with Gasteiger partial charge in [-0.2, -0.15) is 0 Å². The zero-order chi connectivity index (χ0) is 23.3. The van der Waals surface area contributed by atoms with Crippen LogP contribution in [0, 0.1) is 11.3 Å². The van der Waals surface area contributed by atoms with Crippen molar-refractivity contribution in [2.24, 2.45) is 11.3 Å². The molecule has 0 radical (unpaired) electrons. The van der Waals surface area contributed by atoms with Crippen molar-refractivity contribution < 1.29 is 19.1 Å². The van der Waals surface area contributed by atoms with Crippen LogP contribution in [-0.2, 0) is 16.1 Å². The van der Waals surface area contributed by atoms with E-state index in [1.54, 1.807) is 20.4 Å². The van der Waals surface area contributed by atoms with E-state index in [1.165, 1.54) is 0 Å². The van der Waals surface area contributed by atoms with Gasteiger partial charge in [-0.05, 0) is 23.6 Å². The molecule has 1 aliphatic heterocycles. The molecular formula is C25H33N3O4. The third-order valence-corrected chi connectivity index (χ3v) is 5.70. The molecule has 2 heterocycles. The van der Waals surface area contributed by atoms with Crippen molar-refractivity contribution >= 4 is 11.8 Å². The van der Waals surface area contributed by atoms with Gasteiger partial charge >= 0.3 is 0 Å². The molecule has 3 rings (SSSR count). The Kier molecular flexibility index (Phi) is 7.38. The smallest absolute Gasteiger partial charge is 0.225 e. The van der Waals surface area contributed by atoms with Gasteiger partial charge in [-0.3, -0.25) is 14.6 Å². The molecule has 0 spiro atoms. The molecule has 0 saturated carbocycles. The Morgan fingerprint density at radius 3 is 2.53 bits per heavy atom. The molecule has 7 nitrogen and oxygen atoms in total. The summed E-state index contributed by atoms with van der Waals surface area (Å²) in [6.07, 6.45) is 2.14. The van der Waals surface area contributed by atoms with Gasteiger partial charge in [-0.25, -0.2) is 0 Å². The number of aromatic nitrogens is 1. The van der Waals surface area contributed by atoms with Crippen LogP contribution in [0.15, 0.2) is 42.6 Å². The van der Waals surface area contributed by atoms with Gasteiger partial charge in [0.25, 0.3) is 0 Å². The summed E-state index contributed by atoms with van der Waals surface area (Å²) >= 11 is 0. The van der Waals surface area contributed by atoms with E-state index in [4.69, 9.17) is 9.47 Å². The van der Waals surface area contributed by atoms with Crippen LogP contribution >= 0.6 is 0 Å². The molecule has 172 valence electrons. The van der Waals surface area contributed by atoms with Crippen LogP contribution in [-0.4, -0.2) is 49.0 Å². The molecule has 2 atom stereocenters. The van der Waals surface area contributed by atoms with Gasteiger partial charge in [0, 0.05) is 43.3 Å². The monoisotopic (exact) mass is 439 g/mol. The second-order valence-electron chi connectivity index (χ2n) is 9.40. The van der Waals surface area contributed by atoms with Gasteiger partial charge in [-0.15, -0.1) is 0 Å². The van der Waals surface area contributed by atoms with Gasteiger partial charge in [0.2, 0.25) is 11.8 Å². The maximum atomic E-state index is 13.2. The topological polar surface area (TPSA) is 80.8 Å². The molecule has 2 unspecified atom stereocenters. The minimum atomic E-state index is -0.384. The first-order valence-corrected chi connectivity index (χ1v) is 10.9. The molecule has 2 amide bonds. The summed E-state index contributed by atoms with van der Waals surface area (Å²) in [7, 11) is 3.21. The van der Waals surface area contributed by atoms with E-state index in [0.717, 1.165) is 11.3 Å². The molecule has 1 aliphatic rings. The number of pyridine rings is 1. The highest BCUT2D eigenvalue weighted by Gasteiger charge is 2.42. The molecule has 0 bridgehead atoms. The molecule has 1 aromatic heterocycles. The third-order valence-electron chi connectivity index (χ3n) is 5.70. The summed E-state index contributed by atoms with van der Waals surface area (Å²) < 4.78 is 10.9. The third kappa shape index (κ3) is 5.78. The van der Waals surface area contributed by atoms with Crippen molar-refractivity contribution in [1.29, 1.82) is 0 Å². The quantitative estimate of drug-likeness (QED) is 0.715. The molecule has 32 heavy (non-hydrogen) atoms. The predicted molar refractivity (Wildman–Crippen MR) is 123 cm³/mol. The number of hydrogen-bond donors (Lipinski definition) is 1. The number of methoxy groups -OCH3 is 2. The fraction of sp³-hybridized carbons (Fsp3) is 0.480. The lowest BCUT2D eigenvalue weighted by Crippen LogP contribution is -2.36. The summed E-state index contributed by atoms with van der Waals surface area (Å²) in [5, 5.41) is 3.00. The predicted octanol–water partition coefficient (Wildman–Crippen LogP) is 3.39. The fourth-order valence-electron chi connectivity index (χ4n) is 4.09. The van der Waals surface area contributed by atoms with Crippen LogP contribution in [0.1, 0.15) is 44.4 Å². The molecule has 1 fully saturated rings. The van der Waals surface area contributed by atoms with Gasteiger partial charge in [0.05, 0.1) is 32.4 Å². The number of nitrogens with zero attached hydrogens (tertiary/aromatic N) is 2. The number of ether oxygens (including phenoxy) is 2. The molecule has 2 aromatic rings. The molecule has 1 saturated heterocycles. The van der Waals surface area contributed by atoms with Gasteiger partial charge in [0.15, 0.2) is 0 Å². The number of carbonyl (C=O) groups excluding carboxylic acids is 2. The highest BCUT2D eigenvalue weighted by molar-refractivity contribution is 5.83. The molecule has 1 N–H and O–H groups in total. The zero-order valence-corrected chi connectivity index (χ0v) is 19.6. The Balaban J connectivity index is 1.85. The van der Waals surface area contributed by atoms with E-state index in [9.17, 15) is 9.59 Å². The van der Waals surface area contributed by atoms with E-state index in [2.05, 4.69) is 10.3 Å². The Hall–Kier alpha value is -3.09. The number of hydrogen-bond acceptors (Lipinski definition) is 5. The van der Waals surface area contributed by atoms with E-state index in [-0.39, 0.29) is 29.1 Å². The van der Waals surface area contributed by atoms with E-state index in [0.29, 0.717) is 37.6 Å². The first kappa shape index (κ1) is 23.6. The number of amides is 2. The summed E-state index contributed by atoms with van der Waals surface area (Å²) in [5.74, 6) is 0.746. The van der Waals surface area contributed by atoms with Crippen LogP contribution < -0.4 is 14.8 Å². The van der Waals surface area contributed by atoms with Crippen LogP contribution in [0.2, 0.25) is 0 Å². The average molecular weight is 440 g/mol. The highest BCUT2D eigenvalue weighted by atomic mass is 16.5. The van der Waals surface area contributed by atoms with Crippen molar-refractivity contribution in [2.75, 3.05) is 27.3 Å². The van der Waals surface area contributed by atoms with Crippen LogP contribution in [0.5, 0.6) is 11.5 Å². The average Bonchev–Trinajstić information content (AvgIpc) is 3.22. The summed E-state index contributed by atoms with van der Waals surface area (Å²) in [6, 6.07) is 11.2. The van der Waals surface area contributed by atoms with Gasteiger partial charge < -0.3 is 19.7 Å². The number of likely N-dealkylation sites (tertiary alicyclic amines) is 1. The van der Waals surface area contributed by atoms with Crippen LogP contribution in [0.4, 0.5) is 0 Å². The second-order valence-corrected chi connectivity index (χ2v) is 9.40. The minimum Gasteiger partial charge on any atom is -0.497 e. The maximum Gasteiger partial charge on any atom is 0.225 e. The van der Waals surface area contributed by atoms with E-state index in [1.807, 2.05) is 62.1 Å². The lowest BCUT2D eigenvalue weighted by Gasteiger charge is -2.23. The zero-order valence-electron chi connectivity index (χ0n) is 19.6. The SMILES string of the molecule is COc1ccc(C2CN(C(=O)CC(C)(C)C)CC2C(=O)NCc2ccccn2)c(OC)c1. The molecule has 0 aliphatic carbocycles. The molecule has 7 heteroatoms. The van der Waals surface area contributed by atoms with Gasteiger partial charge in [0.1, 0.15) is 11.5 Å². The molecular weight excluding hydrogens is 406 g/mol. The van der Waals surface area contributed by atoms with Crippen molar-refractivity contribution in [3.05, 3.63) is 53.9 Å². The summed E-state index contributed by atoms with van der Waals surface area (Å²) in [4.78, 5) is 32.3. The normalized spacial score (nSPS) is 18.3. The number of rotatable bonds is 7. The minimum absolute atomic E-state index is 0.0648. The van der Waals surface area contributed by atoms with Crippen molar-refractivity contribution in [3.8, 4) is 11.5 Å². The Morgan fingerprint density at radius 1 is 1.12 bits per heavy atom. The summed E-state index contributed by atoms with van der Waals surface area (Å²) in [6.45, 7) is 7.33. The van der Waals surface area contributed by atoms with Crippen molar-refractivity contribution in [1.82, 2.24) is 15.2 Å². The van der Waals surface area contributed by atoms with Crippen LogP contribution in [0.3, 0.4) is 0 Å². The fourth-order valence-corrected chi connectivity index (χ4v) is 4.09. The largest absolute Gasteiger partial charge is 0.497 e. The van der Waals surface area contributed by atoms with Crippen LogP contribution in [0.25, 0.3) is 0 Å². The Bertz CT molecular complexity index is 940. The first-order chi connectivity index (χ1) is 15.2. The second kappa shape index (κ2) is 10.0. The maximum absolute atomic E-state index is 13.2. The van der Waals surface area contributed by atoms with E-state index >= 15 is 0 Å². The Morgan fingerprint density at radius 2 is 1.91 bits per heavy atom. The summed E-state index contributed by atoms with van der Waals surface area (Å²) in [5.41, 5.74) is 1.57. The first-order valence-electron chi connectivity index (χ1n) is 10.9. The Labute approximate surface area is 190 Å². The number of nitrogens with one attached hydrogen (secondary N) is 1. The molecule has 1 aromatic carbocycles. The number of benzene rings is 1. The van der Waals surface area contributed by atoms with Crippen molar-refractivity contribution in [3.63, 3.8) is 0 Å². The van der Waals surface area contributed by atoms with Gasteiger partial charge in [-0.1, -0.05) is 32.9 Å². The van der Waals surface area contributed by atoms with E-state index < -0.39 is 0 Å². The highest BCUT2D eigenvalue weighted by Crippen LogP contribution is 2.40.